The van der Waals surface area contributed by atoms with Crippen LogP contribution in [0.5, 0.6) is 0 Å². The standard InChI is InChI=1S/C10H15F3N2O3/c1-15-5-7(18-6-9(15)17)4-14-8(16)2-3-10(11,12)13/h7H,2-6H2,1H3,(H,14,16). The maximum atomic E-state index is 11.9. The van der Waals surface area contributed by atoms with Gasteiger partial charge in [0, 0.05) is 26.6 Å². The number of hydrogen-bond donors (Lipinski definition) is 1. The average Bonchev–Trinajstić information content (AvgIpc) is 2.27. The molecular weight excluding hydrogens is 253 g/mol. The van der Waals surface area contributed by atoms with Gasteiger partial charge in [0.1, 0.15) is 6.61 Å². The number of ether oxygens (including phenoxy) is 1. The first kappa shape index (κ1) is 14.7. The van der Waals surface area contributed by atoms with E-state index in [9.17, 15) is 22.8 Å². The Morgan fingerprint density at radius 3 is 2.78 bits per heavy atom. The van der Waals surface area contributed by atoms with Crippen LogP contribution in [0.15, 0.2) is 0 Å². The fourth-order valence-corrected chi connectivity index (χ4v) is 1.45. The molecule has 104 valence electrons. The zero-order chi connectivity index (χ0) is 13.8. The van der Waals surface area contributed by atoms with Gasteiger partial charge in [-0.2, -0.15) is 13.2 Å². The quantitative estimate of drug-likeness (QED) is 0.798. The lowest BCUT2D eigenvalue weighted by Gasteiger charge is -2.29. The number of morpholine rings is 1. The highest BCUT2D eigenvalue weighted by molar-refractivity contribution is 5.78. The molecule has 0 aliphatic carbocycles. The fraction of sp³-hybridized carbons (Fsp3) is 0.800. The molecule has 1 heterocycles. The van der Waals surface area contributed by atoms with E-state index in [0.717, 1.165) is 0 Å². The van der Waals surface area contributed by atoms with Crippen LogP contribution < -0.4 is 5.32 Å². The zero-order valence-electron chi connectivity index (χ0n) is 9.92. The van der Waals surface area contributed by atoms with E-state index in [0.29, 0.717) is 6.54 Å². The summed E-state index contributed by atoms with van der Waals surface area (Å²) in [4.78, 5) is 23.7. The van der Waals surface area contributed by atoms with Gasteiger partial charge in [0.25, 0.3) is 0 Å². The zero-order valence-corrected chi connectivity index (χ0v) is 9.92. The molecule has 18 heavy (non-hydrogen) atoms. The van der Waals surface area contributed by atoms with E-state index in [1.807, 2.05) is 0 Å². The minimum absolute atomic E-state index is 0.0699. The van der Waals surface area contributed by atoms with Crippen molar-refractivity contribution in [2.24, 2.45) is 0 Å². The van der Waals surface area contributed by atoms with Crippen LogP contribution in [0.3, 0.4) is 0 Å². The van der Waals surface area contributed by atoms with E-state index in [2.05, 4.69) is 5.32 Å². The minimum atomic E-state index is -4.33. The third kappa shape index (κ3) is 5.35. The summed E-state index contributed by atoms with van der Waals surface area (Å²) in [5, 5.41) is 2.36. The van der Waals surface area contributed by atoms with Crippen molar-refractivity contribution in [3.8, 4) is 0 Å². The van der Waals surface area contributed by atoms with Crippen molar-refractivity contribution in [3.05, 3.63) is 0 Å². The highest BCUT2D eigenvalue weighted by Crippen LogP contribution is 2.20. The van der Waals surface area contributed by atoms with Crippen LogP contribution in [0.25, 0.3) is 0 Å². The van der Waals surface area contributed by atoms with Gasteiger partial charge >= 0.3 is 6.18 Å². The molecule has 1 saturated heterocycles. The molecule has 5 nitrogen and oxygen atoms in total. The van der Waals surface area contributed by atoms with Gasteiger partial charge in [0.15, 0.2) is 0 Å². The largest absolute Gasteiger partial charge is 0.389 e. The predicted octanol–water partition coefficient (Wildman–Crippen LogP) is 0.302. The number of carbonyl (C=O) groups excluding carboxylic acids is 2. The van der Waals surface area contributed by atoms with Crippen molar-refractivity contribution in [3.63, 3.8) is 0 Å². The van der Waals surface area contributed by atoms with Gasteiger partial charge in [-0.25, -0.2) is 0 Å². The van der Waals surface area contributed by atoms with Crippen molar-refractivity contribution in [2.75, 3.05) is 26.7 Å². The first-order valence-electron chi connectivity index (χ1n) is 5.47. The molecule has 1 N–H and O–H groups in total. The van der Waals surface area contributed by atoms with Gasteiger partial charge in [-0.1, -0.05) is 0 Å². The Bertz CT molecular complexity index is 320. The van der Waals surface area contributed by atoms with E-state index in [1.54, 1.807) is 7.05 Å². The lowest BCUT2D eigenvalue weighted by atomic mass is 10.2. The number of hydrogen-bond acceptors (Lipinski definition) is 3. The highest BCUT2D eigenvalue weighted by atomic mass is 19.4. The molecule has 1 rings (SSSR count). The van der Waals surface area contributed by atoms with Gasteiger partial charge in [-0.3, -0.25) is 9.59 Å². The summed E-state index contributed by atoms with van der Waals surface area (Å²) in [6.45, 7) is 0.353. The first-order valence-corrected chi connectivity index (χ1v) is 5.47. The second kappa shape index (κ2) is 6.03. The summed E-state index contributed by atoms with van der Waals surface area (Å²) in [5.41, 5.74) is 0. The molecule has 8 heteroatoms. The molecule has 1 aliphatic heterocycles. The summed E-state index contributed by atoms with van der Waals surface area (Å²) < 4.78 is 40.7. The second-order valence-electron chi connectivity index (χ2n) is 4.13. The number of amides is 2. The summed E-state index contributed by atoms with van der Waals surface area (Å²) in [6, 6.07) is 0. The second-order valence-corrected chi connectivity index (χ2v) is 4.13. The Hall–Kier alpha value is -1.31. The van der Waals surface area contributed by atoms with E-state index in [4.69, 9.17) is 4.74 Å². The maximum Gasteiger partial charge on any atom is 0.389 e. The Kier molecular flexibility index (Phi) is 4.94. The third-order valence-electron chi connectivity index (χ3n) is 2.51. The molecule has 2 amide bonds. The topological polar surface area (TPSA) is 58.6 Å². The van der Waals surface area contributed by atoms with Crippen LogP contribution >= 0.6 is 0 Å². The third-order valence-corrected chi connectivity index (χ3v) is 2.51. The summed E-state index contributed by atoms with van der Waals surface area (Å²) >= 11 is 0. The molecule has 0 spiro atoms. The van der Waals surface area contributed by atoms with Crippen molar-refractivity contribution < 1.29 is 27.5 Å². The summed E-state index contributed by atoms with van der Waals surface area (Å²) in [7, 11) is 1.60. The molecule has 1 aliphatic rings. The van der Waals surface area contributed by atoms with Crippen LogP contribution in [0.1, 0.15) is 12.8 Å². The van der Waals surface area contributed by atoms with Gasteiger partial charge in [-0.05, 0) is 0 Å². The number of nitrogens with zero attached hydrogens (tertiary/aromatic N) is 1. The predicted molar refractivity (Wildman–Crippen MR) is 55.7 cm³/mol. The molecule has 0 aromatic heterocycles. The molecule has 1 unspecified atom stereocenters. The van der Waals surface area contributed by atoms with E-state index < -0.39 is 24.9 Å². The number of likely N-dealkylation sites (N-methyl/N-ethyl adjacent to an activating group) is 1. The molecule has 0 aromatic rings. The van der Waals surface area contributed by atoms with Crippen molar-refractivity contribution in [1.29, 1.82) is 0 Å². The van der Waals surface area contributed by atoms with E-state index >= 15 is 0 Å². The highest BCUT2D eigenvalue weighted by Gasteiger charge is 2.28. The van der Waals surface area contributed by atoms with Crippen molar-refractivity contribution in [1.82, 2.24) is 10.2 Å². The lowest BCUT2D eigenvalue weighted by Crippen LogP contribution is -2.48. The van der Waals surface area contributed by atoms with E-state index in [1.165, 1.54) is 4.90 Å². The Balaban J connectivity index is 2.21. The fourth-order valence-electron chi connectivity index (χ4n) is 1.45. The molecule has 0 radical (unpaired) electrons. The van der Waals surface area contributed by atoms with Gasteiger partial charge in [-0.15, -0.1) is 0 Å². The van der Waals surface area contributed by atoms with Crippen LogP contribution in [0.2, 0.25) is 0 Å². The van der Waals surface area contributed by atoms with E-state index in [-0.39, 0.29) is 25.2 Å². The van der Waals surface area contributed by atoms with Crippen LogP contribution in [0.4, 0.5) is 13.2 Å². The molecule has 0 bridgehead atoms. The normalized spacial score (nSPS) is 21.0. The Morgan fingerprint density at radius 2 is 2.22 bits per heavy atom. The molecule has 0 aromatic carbocycles. The first-order chi connectivity index (χ1) is 8.28. The van der Waals surface area contributed by atoms with Crippen LogP contribution in [0, 0.1) is 0 Å². The molecular formula is C10H15F3N2O3. The summed E-state index contributed by atoms with van der Waals surface area (Å²) in [6.07, 6.45) is -6.43. The van der Waals surface area contributed by atoms with Crippen LogP contribution in [-0.4, -0.2) is 55.7 Å². The summed E-state index contributed by atoms with van der Waals surface area (Å²) in [5.74, 6) is -0.829. The number of rotatable bonds is 4. The van der Waals surface area contributed by atoms with Crippen LogP contribution in [-0.2, 0) is 14.3 Å². The van der Waals surface area contributed by atoms with Gasteiger partial charge < -0.3 is 15.0 Å². The van der Waals surface area contributed by atoms with Gasteiger partial charge in [0.05, 0.1) is 12.5 Å². The Morgan fingerprint density at radius 1 is 1.56 bits per heavy atom. The van der Waals surface area contributed by atoms with Crippen molar-refractivity contribution in [2.45, 2.75) is 25.1 Å². The molecule has 1 atom stereocenters. The monoisotopic (exact) mass is 268 g/mol. The number of carbonyl (C=O) groups is 2. The van der Waals surface area contributed by atoms with Crippen molar-refractivity contribution >= 4 is 11.8 Å². The number of nitrogens with one attached hydrogen (secondary N) is 1. The Labute approximate surface area is 102 Å². The SMILES string of the molecule is CN1CC(CNC(=O)CCC(F)(F)F)OCC1=O. The smallest absolute Gasteiger partial charge is 0.365 e. The number of alkyl halides is 3. The van der Waals surface area contributed by atoms with Gasteiger partial charge in [0.2, 0.25) is 11.8 Å². The number of halogens is 3. The molecule has 0 saturated carbocycles. The lowest BCUT2D eigenvalue weighted by molar-refractivity contribution is -0.148. The maximum absolute atomic E-state index is 11.9. The molecule has 1 fully saturated rings. The minimum Gasteiger partial charge on any atom is -0.365 e. The average molecular weight is 268 g/mol.